The summed E-state index contributed by atoms with van der Waals surface area (Å²) in [5, 5.41) is 3.64. The van der Waals surface area contributed by atoms with Gasteiger partial charge in [-0.25, -0.2) is 0 Å². The maximum Gasteiger partial charge on any atom is 0.0177 e. The van der Waals surface area contributed by atoms with Gasteiger partial charge in [0.25, 0.3) is 0 Å². The van der Waals surface area contributed by atoms with Crippen LogP contribution in [-0.2, 0) is 5.41 Å². The molecule has 1 aliphatic rings. The molecule has 1 heterocycles. The lowest BCUT2D eigenvalue weighted by Gasteiger charge is -2.38. The zero-order valence-corrected chi connectivity index (χ0v) is 13.9. The molecule has 1 N–H and O–H groups in total. The predicted octanol–water partition coefficient (Wildman–Crippen LogP) is 2.99. The Labute approximate surface area is 128 Å². The lowest BCUT2D eigenvalue weighted by molar-refractivity contribution is 0.226. The summed E-state index contributed by atoms with van der Waals surface area (Å²) in [5.74, 6) is 2.56. The molecule has 1 aliphatic heterocycles. The Bertz CT molecular complexity index is 387. The summed E-state index contributed by atoms with van der Waals surface area (Å²) in [6, 6.07) is 11.5. The van der Waals surface area contributed by atoms with E-state index in [4.69, 9.17) is 0 Å². The molecule has 1 saturated heterocycles. The van der Waals surface area contributed by atoms with Crippen molar-refractivity contribution in [1.82, 2.24) is 10.2 Å². The molecule has 0 radical (unpaired) electrons. The van der Waals surface area contributed by atoms with Crippen LogP contribution in [0, 0.1) is 0 Å². The number of thioether (sulfide) groups is 1. The Hall–Kier alpha value is -0.510. The molecule has 1 atom stereocenters. The first-order valence-corrected chi connectivity index (χ1v) is 8.85. The van der Waals surface area contributed by atoms with Gasteiger partial charge in [0.15, 0.2) is 0 Å². The maximum absolute atomic E-state index is 3.64. The van der Waals surface area contributed by atoms with Crippen LogP contribution in [0.25, 0.3) is 0 Å². The highest BCUT2D eigenvalue weighted by Crippen LogP contribution is 2.26. The van der Waals surface area contributed by atoms with E-state index in [1.165, 1.54) is 30.2 Å². The Morgan fingerprint density at radius 2 is 1.85 bits per heavy atom. The number of hydrogen-bond donors (Lipinski definition) is 1. The summed E-state index contributed by atoms with van der Waals surface area (Å²) in [6.07, 6.45) is 0. The van der Waals surface area contributed by atoms with Gasteiger partial charge in [0.1, 0.15) is 0 Å². The van der Waals surface area contributed by atoms with Crippen molar-refractivity contribution in [2.75, 3.05) is 37.7 Å². The first-order valence-electron chi connectivity index (χ1n) is 7.69. The van der Waals surface area contributed by atoms with Crippen molar-refractivity contribution in [1.29, 1.82) is 0 Å². The minimum atomic E-state index is 0.188. The fraction of sp³-hybridized carbons (Fsp3) is 0.647. The molecule has 20 heavy (non-hydrogen) atoms. The summed E-state index contributed by atoms with van der Waals surface area (Å²) < 4.78 is 0. The molecule has 0 saturated carbocycles. The first-order chi connectivity index (χ1) is 9.60. The fourth-order valence-corrected chi connectivity index (χ4v) is 3.75. The molecule has 3 heteroatoms. The van der Waals surface area contributed by atoms with Gasteiger partial charge in [-0.1, -0.05) is 51.1 Å². The number of hydrogen-bond acceptors (Lipinski definition) is 3. The molecule has 0 amide bonds. The average Bonchev–Trinajstić information content (AvgIpc) is 2.47. The highest BCUT2D eigenvalue weighted by Gasteiger charge is 2.29. The summed E-state index contributed by atoms with van der Waals surface area (Å²) >= 11 is 2.08. The summed E-state index contributed by atoms with van der Waals surface area (Å²) in [5.41, 5.74) is 1.64. The number of nitrogens with zero attached hydrogens (tertiary/aromatic N) is 1. The van der Waals surface area contributed by atoms with Crippen LogP contribution in [0.2, 0.25) is 0 Å². The lowest BCUT2D eigenvalue weighted by Crippen LogP contribution is -2.48. The SMILES string of the molecule is CC(C)NCC(C)(CN1CCSCC1)c1ccccc1. The molecular weight excluding hydrogens is 264 g/mol. The Morgan fingerprint density at radius 3 is 2.45 bits per heavy atom. The zero-order chi connectivity index (χ0) is 14.4. The van der Waals surface area contributed by atoms with Gasteiger partial charge in [-0.15, -0.1) is 0 Å². The highest BCUT2D eigenvalue weighted by atomic mass is 32.2. The number of benzene rings is 1. The topological polar surface area (TPSA) is 15.3 Å². The highest BCUT2D eigenvalue weighted by molar-refractivity contribution is 7.99. The van der Waals surface area contributed by atoms with Gasteiger partial charge in [-0.05, 0) is 5.56 Å². The summed E-state index contributed by atoms with van der Waals surface area (Å²) in [7, 11) is 0. The third-order valence-corrected chi connectivity index (χ3v) is 4.99. The minimum absolute atomic E-state index is 0.188. The van der Waals surface area contributed by atoms with E-state index in [2.05, 4.69) is 73.1 Å². The molecule has 2 nitrogen and oxygen atoms in total. The molecule has 0 bridgehead atoms. The van der Waals surface area contributed by atoms with Crippen molar-refractivity contribution < 1.29 is 0 Å². The third-order valence-electron chi connectivity index (χ3n) is 4.05. The second-order valence-electron chi connectivity index (χ2n) is 6.35. The van der Waals surface area contributed by atoms with Gasteiger partial charge in [0.05, 0.1) is 0 Å². The fourth-order valence-electron chi connectivity index (χ4n) is 2.77. The second kappa shape index (κ2) is 7.48. The van der Waals surface area contributed by atoms with Crippen LogP contribution in [0.5, 0.6) is 0 Å². The lowest BCUT2D eigenvalue weighted by atomic mass is 9.81. The van der Waals surface area contributed by atoms with Crippen LogP contribution >= 0.6 is 11.8 Å². The maximum atomic E-state index is 3.64. The standard InChI is InChI=1S/C17H28N2S/c1-15(2)18-13-17(3,16-7-5-4-6-8-16)14-19-9-11-20-12-10-19/h4-8,15,18H,9-14H2,1-3H3. The van der Waals surface area contributed by atoms with Gasteiger partial charge < -0.3 is 10.2 Å². The predicted molar refractivity (Wildman–Crippen MR) is 90.7 cm³/mol. The average molecular weight is 292 g/mol. The molecule has 1 unspecified atom stereocenters. The molecule has 1 aromatic rings. The van der Waals surface area contributed by atoms with Crippen molar-refractivity contribution in [2.24, 2.45) is 0 Å². The van der Waals surface area contributed by atoms with Crippen LogP contribution in [-0.4, -0.2) is 48.6 Å². The Morgan fingerprint density at radius 1 is 1.20 bits per heavy atom. The van der Waals surface area contributed by atoms with Gasteiger partial charge in [-0.2, -0.15) is 11.8 Å². The molecule has 112 valence electrons. The second-order valence-corrected chi connectivity index (χ2v) is 7.58. The Balaban J connectivity index is 2.10. The molecule has 1 fully saturated rings. The normalized spacial score (nSPS) is 20.0. The monoisotopic (exact) mass is 292 g/mol. The van der Waals surface area contributed by atoms with Crippen molar-refractivity contribution in [3.05, 3.63) is 35.9 Å². The van der Waals surface area contributed by atoms with E-state index >= 15 is 0 Å². The quantitative estimate of drug-likeness (QED) is 0.868. The van der Waals surface area contributed by atoms with Gasteiger partial charge in [-0.3, -0.25) is 0 Å². The van der Waals surface area contributed by atoms with Gasteiger partial charge in [0.2, 0.25) is 0 Å². The summed E-state index contributed by atoms with van der Waals surface area (Å²) in [4.78, 5) is 2.63. The van der Waals surface area contributed by atoms with Crippen molar-refractivity contribution in [2.45, 2.75) is 32.2 Å². The number of rotatable bonds is 6. The van der Waals surface area contributed by atoms with E-state index in [-0.39, 0.29) is 5.41 Å². The number of nitrogens with one attached hydrogen (secondary N) is 1. The van der Waals surface area contributed by atoms with Crippen LogP contribution in [0.4, 0.5) is 0 Å². The van der Waals surface area contributed by atoms with E-state index in [0.29, 0.717) is 6.04 Å². The van der Waals surface area contributed by atoms with Crippen LogP contribution in [0.1, 0.15) is 26.3 Å². The minimum Gasteiger partial charge on any atom is -0.314 e. The van der Waals surface area contributed by atoms with E-state index in [0.717, 1.165) is 13.1 Å². The van der Waals surface area contributed by atoms with Crippen molar-refractivity contribution in [3.63, 3.8) is 0 Å². The molecule has 0 aliphatic carbocycles. The van der Waals surface area contributed by atoms with Gasteiger partial charge in [0, 0.05) is 49.1 Å². The van der Waals surface area contributed by atoms with E-state index in [1.54, 1.807) is 0 Å². The molecule has 1 aromatic carbocycles. The smallest absolute Gasteiger partial charge is 0.0177 e. The molecule has 0 aromatic heterocycles. The van der Waals surface area contributed by atoms with E-state index in [1.807, 2.05) is 0 Å². The molecule has 2 rings (SSSR count). The van der Waals surface area contributed by atoms with Crippen LogP contribution in [0.3, 0.4) is 0 Å². The zero-order valence-electron chi connectivity index (χ0n) is 13.1. The molecule has 0 spiro atoms. The summed E-state index contributed by atoms with van der Waals surface area (Å²) in [6.45, 7) is 11.5. The molecular formula is C17H28N2S. The van der Waals surface area contributed by atoms with Crippen LogP contribution in [0.15, 0.2) is 30.3 Å². The van der Waals surface area contributed by atoms with E-state index < -0.39 is 0 Å². The van der Waals surface area contributed by atoms with Crippen molar-refractivity contribution in [3.8, 4) is 0 Å². The van der Waals surface area contributed by atoms with Crippen LogP contribution < -0.4 is 5.32 Å². The first kappa shape index (κ1) is 15.9. The van der Waals surface area contributed by atoms with E-state index in [9.17, 15) is 0 Å². The largest absolute Gasteiger partial charge is 0.314 e. The van der Waals surface area contributed by atoms with Crippen molar-refractivity contribution >= 4 is 11.8 Å². The Kier molecular flexibility index (Phi) is 5.94. The van der Waals surface area contributed by atoms with Gasteiger partial charge >= 0.3 is 0 Å². The third kappa shape index (κ3) is 4.51.